The minimum atomic E-state index is -1.00. The highest BCUT2D eigenvalue weighted by atomic mass is 16.5. The van der Waals surface area contributed by atoms with Crippen molar-refractivity contribution in [2.24, 2.45) is 5.92 Å². The Morgan fingerprint density at radius 3 is 2.17 bits per heavy atom. The van der Waals surface area contributed by atoms with Crippen LogP contribution in [0.1, 0.15) is 49.2 Å². The minimum Gasteiger partial charge on any atom is -0.451 e. The maximum Gasteiger partial charge on any atom is 0.329 e. The summed E-state index contributed by atoms with van der Waals surface area (Å²) in [6.45, 7) is 9.01. The number of esters is 1. The Balaban J connectivity index is 2.00. The zero-order chi connectivity index (χ0) is 22.3. The van der Waals surface area contributed by atoms with Crippen LogP contribution in [0.2, 0.25) is 0 Å². The Hall–Kier alpha value is -3.15. The largest absolute Gasteiger partial charge is 0.451 e. The van der Waals surface area contributed by atoms with Gasteiger partial charge in [-0.2, -0.15) is 0 Å². The molecule has 0 saturated heterocycles. The predicted molar refractivity (Wildman–Crippen MR) is 117 cm³/mol. The summed E-state index contributed by atoms with van der Waals surface area (Å²) in [7, 11) is 0. The van der Waals surface area contributed by atoms with Gasteiger partial charge in [-0.1, -0.05) is 51.1 Å². The molecule has 0 unspecified atom stereocenters. The average molecular weight is 411 g/mol. The SMILES string of the molecule is CCc1ccc(NC(=O)[C@@H](C)OC(=O)[C@@H](NC(=O)c2ccccc2C)C(C)C)cc1. The number of aryl methyl sites for hydroxylation is 2. The quantitative estimate of drug-likeness (QED) is 0.647. The van der Waals surface area contributed by atoms with Gasteiger partial charge in [0.2, 0.25) is 0 Å². The van der Waals surface area contributed by atoms with Gasteiger partial charge >= 0.3 is 5.97 Å². The first-order valence-electron chi connectivity index (χ1n) is 10.2. The number of amides is 2. The van der Waals surface area contributed by atoms with Crippen LogP contribution in [0.25, 0.3) is 0 Å². The first-order valence-corrected chi connectivity index (χ1v) is 10.2. The van der Waals surface area contributed by atoms with Crippen LogP contribution in [0.4, 0.5) is 5.69 Å². The lowest BCUT2D eigenvalue weighted by atomic mass is 10.0. The predicted octanol–water partition coefficient (Wildman–Crippen LogP) is 3.88. The molecule has 0 heterocycles. The fourth-order valence-electron chi connectivity index (χ4n) is 2.91. The number of ether oxygens (including phenoxy) is 1. The molecule has 0 aliphatic rings. The van der Waals surface area contributed by atoms with E-state index in [1.54, 1.807) is 12.1 Å². The van der Waals surface area contributed by atoms with Gasteiger partial charge in [-0.3, -0.25) is 9.59 Å². The normalized spacial score (nSPS) is 12.7. The van der Waals surface area contributed by atoms with Crippen molar-refractivity contribution in [1.29, 1.82) is 0 Å². The van der Waals surface area contributed by atoms with Crippen LogP contribution in [0.3, 0.4) is 0 Å². The zero-order valence-electron chi connectivity index (χ0n) is 18.2. The van der Waals surface area contributed by atoms with Gasteiger partial charge in [-0.15, -0.1) is 0 Å². The first-order chi connectivity index (χ1) is 14.2. The highest BCUT2D eigenvalue weighted by Crippen LogP contribution is 2.13. The average Bonchev–Trinajstić information content (AvgIpc) is 2.72. The molecule has 0 saturated carbocycles. The summed E-state index contributed by atoms with van der Waals surface area (Å²) < 4.78 is 5.35. The maximum absolute atomic E-state index is 12.7. The van der Waals surface area contributed by atoms with Crippen molar-refractivity contribution in [2.45, 2.75) is 53.2 Å². The molecule has 0 radical (unpaired) electrons. The lowest BCUT2D eigenvalue weighted by Gasteiger charge is -2.23. The summed E-state index contributed by atoms with van der Waals surface area (Å²) in [4.78, 5) is 37.7. The van der Waals surface area contributed by atoms with E-state index in [1.165, 1.54) is 6.92 Å². The fraction of sp³-hybridized carbons (Fsp3) is 0.375. The second-order valence-electron chi connectivity index (χ2n) is 7.63. The molecule has 6 heteroatoms. The van der Waals surface area contributed by atoms with Crippen LogP contribution in [0.5, 0.6) is 0 Å². The van der Waals surface area contributed by atoms with E-state index in [2.05, 4.69) is 17.6 Å². The van der Waals surface area contributed by atoms with E-state index in [0.29, 0.717) is 11.3 Å². The van der Waals surface area contributed by atoms with E-state index >= 15 is 0 Å². The van der Waals surface area contributed by atoms with E-state index in [9.17, 15) is 14.4 Å². The number of hydrogen-bond acceptors (Lipinski definition) is 4. The summed E-state index contributed by atoms with van der Waals surface area (Å²) in [5, 5.41) is 5.47. The second kappa shape index (κ2) is 10.6. The Morgan fingerprint density at radius 2 is 1.60 bits per heavy atom. The van der Waals surface area contributed by atoms with Gasteiger partial charge in [-0.25, -0.2) is 4.79 Å². The summed E-state index contributed by atoms with van der Waals surface area (Å²) >= 11 is 0. The number of benzene rings is 2. The van der Waals surface area contributed by atoms with Crippen molar-refractivity contribution in [3.8, 4) is 0 Å². The molecule has 160 valence electrons. The molecule has 0 aliphatic carbocycles. The van der Waals surface area contributed by atoms with Crippen molar-refractivity contribution >= 4 is 23.5 Å². The van der Waals surface area contributed by atoms with Gasteiger partial charge in [0.25, 0.3) is 11.8 Å². The molecule has 2 aromatic rings. The second-order valence-corrected chi connectivity index (χ2v) is 7.63. The molecule has 0 aromatic heterocycles. The van der Waals surface area contributed by atoms with Crippen molar-refractivity contribution in [3.63, 3.8) is 0 Å². The molecule has 2 aromatic carbocycles. The van der Waals surface area contributed by atoms with E-state index < -0.39 is 24.0 Å². The topological polar surface area (TPSA) is 84.5 Å². The van der Waals surface area contributed by atoms with Crippen LogP contribution < -0.4 is 10.6 Å². The number of hydrogen-bond donors (Lipinski definition) is 2. The third-order valence-corrected chi connectivity index (χ3v) is 4.89. The van der Waals surface area contributed by atoms with Gasteiger partial charge in [0.05, 0.1) is 0 Å². The monoisotopic (exact) mass is 410 g/mol. The molecule has 2 atom stereocenters. The minimum absolute atomic E-state index is 0.206. The Kier molecular flexibility index (Phi) is 8.16. The number of nitrogens with one attached hydrogen (secondary N) is 2. The number of carbonyl (C=O) groups is 3. The van der Waals surface area contributed by atoms with Crippen LogP contribution in [0, 0.1) is 12.8 Å². The molecular weight excluding hydrogens is 380 g/mol. The molecule has 6 nitrogen and oxygen atoms in total. The van der Waals surface area contributed by atoms with Crippen LogP contribution >= 0.6 is 0 Å². The molecule has 0 fully saturated rings. The lowest BCUT2D eigenvalue weighted by Crippen LogP contribution is -2.47. The Bertz CT molecular complexity index is 890. The van der Waals surface area contributed by atoms with Crippen LogP contribution in [-0.2, 0) is 20.7 Å². The van der Waals surface area contributed by atoms with Gasteiger partial charge in [0.15, 0.2) is 6.10 Å². The van der Waals surface area contributed by atoms with Gasteiger partial charge in [0, 0.05) is 11.3 Å². The lowest BCUT2D eigenvalue weighted by molar-refractivity contribution is -0.156. The van der Waals surface area contributed by atoms with E-state index in [0.717, 1.165) is 17.5 Å². The number of rotatable bonds is 8. The Labute approximate surface area is 178 Å². The highest BCUT2D eigenvalue weighted by Gasteiger charge is 2.29. The maximum atomic E-state index is 12.7. The smallest absolute Gasteiger partial charge is 0.329 e. The first kappa shape index (κ1) is 23.1. The zero-order valence-corrected chi connectivity index (χ0v) is 18.2. The molecule has 2 amide bonds. The van der Waals surface area contributed by atoms with Crippen molar-refractivity contribution in [2.75, 3.05) is 5.32 Å². The van der Waals surface area contributed by atoms with Gasteiger partial charge in [0.1, 0.15) is 6.04 Å². The van der Waals surface area contributed by atoms with Crippen molar-refractivity contribution in [3.05, 3.63) is 65.2 Å². The third kappa shape index (κ3) is 6.17. The molecule has 2 N–H and O–H groups in total. The molecule has 2 rings (SSSR count). The van der Waals surface area contributed by atoms with Gasteiger partial charge in [-0.05, 0) is 55.5 Å². The molecular formula is C24H30N2O4. The van der Waals surface area contributed by atoms with Gasteiger partial charge < -0.3 is 15.4 Å². The summed E-state index contributed by atoms with van der Waals surface area (Å²) in [6.07, 6.45) is -0.0903. The Morgan fingerprint density at radius 1 is 0.967 bits per heavy atom. The van der Waals surface area contributed by atoms with Crippen LogP contribution in [-0.4, -0.2) is 29.9 Å². The number of carbonyl (C=O) groups excluding carboxylic acids is 3. The van der Waals surface area contributed by atoms with Crippen LogP contribution in [0.15, 0.2) is 48.5 Å². The summed E-state index contributed by atoms with van der Waals surface area (Å²) in [6, 6.07) is 13.8. The third-order valence-electron chi connectivity index (χ3n) is 4.89. The summed E-state index contributed by atoms with van der Waals surface area (Å²) in [5.74, 6) is -1.63. The number of anilines is 1. The summed E-state index contributed by atoms with van der Waals surface area (Å²) in [5.41, 5.74) is 3.11. The van der Waals surface area contributed by atoms with E-state index in [-0.39, 0.29) is 11.8 Å². The standard InChI is InChI=1S/C24H30N2O4/c1-6-18-11-13-19(14-12-18)25-22(27)17(5)30-24(29)21(15(2)3)26-23(28)20-10-8-7-9-16(20)4/h7-15,17,21H,6H2,1-5H3,(H,25,27)(H,26,28)/t17-,21+/m1/s1. The van der Waals surface area contributed by atoms with E-state index in [1.807, 2.05) is 57.2 Å². The molecule has 30 heavy (non-hydrogen) atoms. The van der Waals surface area contributed by atoms with E-state index in [4.69, 9.17) is 4.74 Å². The molecule has 0 bridgehead atoms. The van der Waals surface area contributed by atoms with Crippen molar-refractivity contribution in [1.82, 2.24) is 5.32 Å². The fourth-order valence-corrected chi connectivity index (χ4v) is 2.91. The highest BCUT2D eigenvalue weighted by molar-refractivity contribution is 5.99. The van der Waals surface area contributed by atoms with Crippen molar-refractivity contribution < 1.29 is 19.1 Å². The molecule has 0 spiro atoms. The molecule has 0 aliphatic heterocycles.